The second kappa shape index (κ2) is 2.84. The number of nitrogens with zero attached hydrogens (tertiary/aromatic N) is 3. The average Bonchev–Trinajstić information content (AvgIpc) is 2.04. The minimum Gasteiger partial charge on any atom is -0.222 e. The van der Waals surface area contributed by atoms with Gasteiger partial charge in [-0.05, 0) is 12.1 Å². The minimum atomic E-state index is 0.283. The Hall–Kier alpha value is -0.930. The standard InChI is InChI=1S/C7H3Cl2N3/c8-5-3-4-1-2-10-12-6(4)7(9)11-5/h1-3H. The summed E-state index contributed by atoms with van der Waals surface area (Å²) in [5, 5.41) is 8.99. The van der Waals surface area contributed by atoms with Gasteiger partial charge in [-0.1, -0.05) is 23.2 Å². The van der Waals surface area contributed by atoms with Crippen LogP contribution in [0.15, 0.2) is 18.3 Å². The first kappa shape index (κ1) is 7.71. The summed E-state index contributed by atoms with van der Waals surface area (Å²) in [7, 11) is 0. The maximum absolute atomic E-state index is 5.76. The van der Waals surface area contributed by atoms with Crippen LogP contribution in [-0.4, -0.2) is 15.2 Å². The molecule has 0 bridgehead atoms. The Kier molecular flexibility index (Phi) is 1.83. The molecule has 0 saturated carbocycles. The van der Waals surface area contributed by atoms with Crippen molar-refractivity contribution in [3.05, 3.63) is 28.6 Å². The van der Waals surface area contributed by atoms with Crippen LogP contribution in [0, 0.1) is 0 Å². The van der Waals surface area contributed by atoms with Crippen LogP contribution in [0.4, 0.5) is 0 Å². The monoisotopic (exact) mass is 199 g/mol. The van der Waals surface area contributed by atoms with Gasteiger partial charge in [0.25, 0.3) is 0 Å². The minimum absolute atomic E-state index is 0.283. The molecule has 12 heavy (non-hydrogen) atoms. The largest absolute Gasteiger partial charge is 0.222 e. The van der Waals surface area contributed by atoms with Crippen LogP contribution < -0.4 is 0 Å². The second-order valence-corrected chi connectivity index (χ2v) is 2.95. The Morgan fingerprint density at radius 3 is 2.92 bits per heavy atom. The van der Waals surface area contributed by atoms with Crippen molar-refractivity contribution in [2.45, 2.75) is 0 Å². The SMILES string of the molecule is Clc1cc2ccnnc2c(Cl)n1. The Morgan fingerprint density at radius 1 is 1.25 bits per heavy atom. The predicted molar refractivity (Wildman–Crippen MR) is 47.4 cm³/mol. The third kappa shape index (κ3) is 1.21. The lowest BCUT2D eigenvalue weighted by molar-refractivity contribution is 1.07. The normalized spacial score (nSPS) is 10.5. The van der Waals surface area contributed by atoms with E-state index in [4.69, 9.17) is 23.2 Å². The molecule has 2 aromatic heterocycles. The zero-order valence-electron chi connectivity index (χ0n) is 5.83. The molecule has 0 aliphatic rings. The van der Waals surface area contributed by atoms with Gasteiger partial charge in [-0.15, -0.1) is 5.10 Å². The lowest BCUT2D eigenvalue weighted by atomic mass is 10.3. The van der Waals surface area contributed by atoms with E-state index in [-0.39, 0.29) is 5.15 Å². The van der Waals surface area contributed by atoms with Crippen molar-refractivity contribution in [2.75, 3.05) is 0 Å². The van der Waals surface area contributed by atoms with Crippen LogP contribution in [0.2, 0.25) is 10.3 Å². The van der Waals surface area contributed by atoms with Crippen molar-refractivity contribution >= 4 is 34.1 Å². The van der Waals surface area contributed by atoms with E-state index >= 15 is 0 Å². The van der Waals surface area contributed by atoms with Crippen LogP contribution in [0.5, 0.6) is 0 Å². The van der Waals surface area contributed by atoms with Gasteiger partial charge in [0, 0.05) is 5.39 Å². The highest BCUT2D eigenvalue weighted by Crippen LogP contribution is 2.21. The van der Waals surface area contributed by atoms with Crippen LogP contribution in [0.3, 0.4) is 0 Å². The van der Waals surface area contributed by atoms with Crippen LogP contribution in [0.1, 0.15) is 0 Å². The Morgan fingerprint density at radius 2 is 2.08 bits per heavy atom. The summed E-state index contributed by atoms with van der Waals surface area (Å²) in [6.45, 7) is 0. The Balaban J connectivity index is 2.89. The van der Waals surface area contributed by atoms with Gasteiger partial charge < -0.3 is 0 Å². The van der Waals surface area contributed by atoms with Gasteiger partial charge in [-0.2, -0.15) is 5.10 Å². The lowest BCUT2D eigenvalue weighted by Gasteiger charge is -1.96. The quantitative estimate of drug-likeness (QED) is 0.612. The van der Waals surface area contributed by atoms with E-state index in [2.05, 4.69) is 15.2 Å². The highest BCUT2D eigenvalue weighted by atomic mass is 35.5. The topological polar surface area (TPSA) is 38.7 Å². The van der Waals surface area contributed by atoms with E-state index in [1.807, 2.05) is 0 Å². The third-order valence-electron chi connectivity index (χ3n) is 1.43. The molecule has 2 rings (SSSR count). The maximum atomic E-state index is 5.76. The van der Waals surface area contributed by atoms with Crippen molar-refractivity contribution in [3.63, 3.8) is 0 Å². The molecule has 0 radical (unpaired) electrons. The Bertz CT molecular complexity index is 430. The molecule has 0 spiro atoms. The summed E-state index contributed by atoms with van der Waals surface area (Å²) in [5.41, 5.74) is 0.573. The van der Waals surface area contributed by atoms with Crippen LogP contribution >= 0.6 is 23.2 Å². The van der Waals surface area contributed by atoms with Crippen molar-refractivity contribution in [2.24, 2.45) is 0 Å². The lowest BCUT2D eigenvalue weighted by Crippen LogP contribution is -1.86. The van der Waals surface area contributed by atoms with Crippen LogP contribution in [-0.2, 0) is 0 Å². The number of hydrogen-bond donors (Lipinski definition) is 0. The molecule has 0 aliphatic carbocycles. The van der Waals surface area contributed by atoms with Gasteiger partial charge >= 0.3 is 0 Å². The fourth-order valence-corrected chi connectivity index (χ4v) is 1.41. The molecular formula is C7H3Cl2N3. The predicted octanol–water partition coefficient (Wildman–Crippen LogP) is 2.33. The number of aromatic nitrogens is 3. The molecule has 5 heteroatoms. The van der Waals surface area contributed by atoms with Gasteiger partial charge in [0.05, 0.1) is 6.20 Å². The van der Waals surface area contributed by atoms with Crippen molar-refractivity contribution < 1.29 is 0 Å². The summed E-state index contributed by atoms with van der Waals surface area (Å²) in [5.74, 6) is 0. The molecule has 2 heterocycles. The fraction of sp³-hybridized carbons (Fsp3) is 0. The number of pyridine rings is 1. The first-order chi connectivity index (χ1) is 5.77. The maximum Gasteiger partial charge on any atom is 0.158 e. The summed E-state index contributed by atoms with van der Waals surface area (Å²) in [6, 6.07) is 3.47. The molecule has 0 aromatic carbocycles. The number of fused-ring (bicyclic) bond motifs is 1. The first-order valence-electron chi connectivity index (χ1n) is 3.21. The highest BCUT2D eigenvalue weighted by molar-refractivity contribution is 6.36. The van der Waals surface area contributed by atoms with E-state index in [1.54, 1.807) is 18.3 Å². The van der Waals surface area contributed by atoms with Gasteiger partial charge in [0.15, 0.2) is 5.15 Å². The number of rotatable bonds is 0. The van der Waals surface area contributed by atoms with Gasteiger partial charge in [-0.25, -0.2) is 4.98 Å². The van der Waals surface area contributed by atoms with E-state index in [0.717, 1.165) is 5.39 Å². The summed E-state index contributed by atoms with van der Waals surface area (Å²) in [4.78, 5) is 3.83. The zero-order valence-corrected chi connectivity index (χ0v) is 7.34. The molecule has 2 aromatic rings. The van der Waals surface area contributed by atoms with Gasteiger partial charge in [0.2, 0.25) is 0 Å². The van der Waals surface area contributed by atoms with Crippen LogP contribution in [0.25, 0.3) is 10.9 Å². The fourth-order valence-electron chi connectivity index (χ4n) is 0.926. The summed E-state index contributed by atoms with van der Waals surface area (Å²) < 4.78 is 0. The summed E-state index contributed by atoms with van der Waals surface area (Å²) in [6.07, 6.45) is 1.58. The molecule has 3 nitrogen and oxygen atoms in total. The van der Waals surface area contributed by atoms with Gasteiger partial charge in [0.1, 0.15) is 10.7 Å². The summed E-state index contributed by atoms with van der Waals surface area (Å²) >= 11 is 11.4. The van der Waals surface area contributed by atoms with Crippen molar-refractivity contribution in [3.8, 4) is 0 Å². The number of hydrogen-bond acceptors (Lipinski definition) is 3. The molecule has 0 atom stereocenters. The molecule has 0 unspecified atom stereocenters. The smallest absolute Gasteiger partial charge is 0.158 e. The van der Waals surface area contributed by atoms with Crippen molar-refractivity contribution in [1.82, 2.24) is 15.2 Å². The average molecular weight is 200 g/mol. The number of halogens is 2. The second-order valence-electron chi connectivity index (χ2n) is 2.20. The van der Waals surface area contributed by atoms with E-state index in [0.29, 0.717) is 10.7 Å². The third-order valence-corrected chi connectivity index (χ3v) is 1.88. The molecule has 0 aliphatic heterocycles. The molecule has 60 valence electrons. The molecule has 0 amide bonds. The highest BCUT2D eigenvalue weighted by Gasteiger charge is 2.02. The van der Waals surface area contributed by atoms with Crippen molar-refractivity contribution in [1.29, 1.82) is 0 Å². The Labute approximate surface area is 78.3 Å². The molecule has 0 fully saturated rings. The zero-order chi connectivity index (χ0) is 8.55. The first-order valence-corrected chi connectivity index (χ1v) is 3.96. The van der Waals surface area contributed by atoms with E-state index < -0.39 is 0 Å². The van der Waals surface area contributed by atoms with E-state index in [1.165, 1.54) is 0 Å². The molecule has 0 N–H and O–H groups in total. The molecular weight excluding hydrogens is 197 g/mol. The van der Waals surface area contributed by atoms with Gasteiger partial charge in [-0.3, -0.25) is 0 Å². The van der Waals surface area contributed by atoms with E-state index in [9.17, 15) is 0 Å². The molecule has 0 saturated heterocycles.